The summed E-state index contributed by atoms with van der Waals surface area (Å²) in [5.74, 6) is 1.38. The van der Waals surface area contributed by atoms with Crippen LogP contribution < -0.4 is 15.7 Å². The van der Waals surface area contributed by atoms with Crippen LogP contribution in [0.1, 0.15) is 12.8 Å². The zero-order valence-corrected chi connectivity index (χ0v) is 18.0. The van der Waals surface area contributed by atoms with Crippen molar-refractivity contribution in [2.45, 2.75) is 23.8 Å². The second-order valence-corrected chi connectivity index (χ2v) is 7.88. The van der Waals surface area contributed by atoms with E-state index in [0.29, 0.717) is 5.95 Å². The Morgan fingerprint density at radius 2 is 1.77 bits per heavy atom. The van der Waals surface area contributed by atoms with Crippen LogP contribution in [0.15, 0.2) is 65.6 Å². The lowest BCUT2D eigenvalue weighted by Gasteiger charge is -2.30. The summed E-state index contributed by atoms with van der Waals surface area (Å²) >= 11 is 1.11. The first kappa shape index (κ1) is 21.5. The molecule has 1 saturated heterocycles. The van der Waals surface area contributed by atoms with Gasteiger partial charge in [-0.25, -0.2) is 4.98 Å². The predicted molar refractivity (Wildman–Crippen MR) is 122 cm³/mol. The molecule has 1 aliphatic rings. The van der Waals surface area contributed by atoms with Crippen LogP contribution in [-0.4, -0.2) is 41.3 Å². The van der Waals surface area contributed by atoms with Gasteiger partial charge in [-0.15, -0.1) is 9.32 Å². The Labute approximate surface area is 185 Å². The molecule has 0 bridgehead atoms. The van der Waals surface area contributed by atoms with Crippen LogP contribution in [0, 0.1) is 0 Å². The molecule has 0 amide bonds. The van der Waals surface area contributed by atoms with Gasteiger partial charge in [-0.05, 0) is 37.1 Å². The van der Waals surface area contributed by atoms with E-state index in [1.807, 2.05) is 60.7 Å². The van der Waals surface area contributed by atoms with Crippen molar-refractivity contribution in [1.29, 1.82) is 0 Å². The van der Waals surface area contributed by atoms with Crippen LogP contribution in [0.3, 0.4) is 0 Å². The van der Waals surface area contributed by atoms with Gasteiger partial charge in [0.1, 0.15) is 5.82 Å². The number of aliphatic hydroxyl groups is 1. The van der Waals surface area contributed by atoms with Gasteiger partial charge in [0.25, 0.3) is 0 Å². The summed E-state index contributed by atoms with van der Waals surface area (Å²) in [4.78, 5) is 17.2. The second-order valence-electron chi connectivity index (χ2n) is 7.11. The van der Waals surface area contributed by atoms with Crippen molar-refractivity contribution in [2.24, 2.45) is 0 Å². The number of nitrogens with one attached hydrogen (secondary N) is 2. The lowest BCUT2D eigenvalue weighted by Crippen LogP contribution is -2.36. The minimum atomic E-state index is -0.233. The van der Waals surface area contributed by atoms with Gasteiger partial charge in [-0.2, -0.15) is 10.5 Å². The van der Waals surface area contributed by atoms with E-state index in [9.17, 15) is 5.11 Å². The van der Waals surface area contributed by atoms with E-state index in [4.69, 9.17) is 14.3 Å². The summed E-state index contributed by atoms with van der Waals surface area (Å²) in [5, 5.41) is 13.2. The first-order valence-electron chi connectivity index (χ1n) is 10.1. The molecule has 0 spiro atoms. The summed E-state index contributed by atoms with van der Waals surface area (Å²) in [6.45, 7) is 1.54. The van der Waals surface area contributed by atoms with E-state index in [2.05, 4.69) is 20.7 Å². The molecule has 162 valence electrons. The zero-order valence-electron chi connectivity index (χ0n) is 17.2. The number of anilines is 3. The molecule has 1 fully saturated rings. The van der Waals surface area contributed by atoms with Gasteiger partial charge in [0.05, 0.1) is 23.8 Å². The van der Waals surface area contributed by atoms with E-state index in [1.54, 1.807) is 7.05 Å². The molecule has 0 saturated carbocycles. The maximum Gasteiger partial charge on any atom is 0.229 e. The highest BCUT2D eigenvalue weighted by Crippen LogP contribution is 2.27. The highest BCUT2D eigenvalue weighted by Gasteiger charge is 2.20. The molecule has 2 aromatic carbocycles. The van der Waals surface area contributed by atoms with Crippen molar-refractivity contribution in [2.75, 3.05) is 30.4 Å². The van der Waals surface area contributed by atoms with Crippen molar-refractivity contribution >= 4 is 29.5 Å². The third-order valence-corrected chi connectivity index (χ3v) is 5.53. The van der Waals surface area contributed by atoms with Gasteiger partial charge >= 0.3 is 0 Å². The molecule has 9 heteroatoms. The monoisotopic (exact) mass is 439 g/mol. The maximum atomic E-state index is 9.85. The Kier molecular flexibility index (Phi) is 7.34. The molecule has 2 heterocycles. The van der Waals surface area contributed by atoms with Crippen molar-refractivity contribution in [3.63, 3.8) is 0 Å². The molecule has 0 unspecified atom stereocenters. The minimum Gasteiger partial charge on any atom is -0.393 e. The van der Waals surface area contributed by atoms with Gasteiger partial charge in [-0.1, -0.05) is 30.3 Å². The number of hydrogen-bond acceptors (Lipinski definition) is 9. The Bertz CT molecular complexity index is 967. The van der Waals surface area contributed by atoms with Crippen molar-refractivity contribution in [1.82, 2.24) is 15.4 Å². The van der Waals surface area contributed by atoms with Gasteiger partial charge in [0.2, 0.25) is 5.95 Å². The van der Waals surface area contributed by atoms with E-state index < -0.39 is 0 Å². The van der Waals surface area contributed by atoms with Crippen LogP contribution in [0.5, 0.6) is 0 Å². The van der Waals surface area contributed by atoms with Crippen molar-refractivity contribution < 1.29 is 14.4 Å². The number of aliphatic hydroxyl groups excluding tert-OH is 1. The minimum absolute atomic E-state index is 0.233. The molecule has 3 N–H and O–H groups in total. The molecule has 0 radical (unpaired) electrons. The maximum absolute atomic E-state index is 9.85. The largest absolute Gasteiger partial charge is 0.393 e. The third kappa shape index (κ3) is 5.93. The number of nitrogens with zero attached hydrogens (tertiary/aromatic N) is 3. The molecular weight excluding hydrogens is 414 g/mol. The fourth-order valence-electron chi connectivity index (χ4n) is 3.32. The average Bonchev–Trinajstić information content (AvgIpc) is 2.81. The summed E-state index contributed by atoms with van der Waals surface area (Å²) < 4.78 is 4.92. The van der Waals surface area contributed by atoms with E-state index in [1.165, 1.54) is 0 Å². The molecule has 0 atom stereocenters. The number of rotatable bonds is 8. The first-order valence-corrected chi connectivity index (χ1v) is 10.9. The first-order chi connectivity index (χ1) is 15.2. The second kappa shape index (κ2) is 10.6. The van der Waals surface area contributed by atoms with Gasteiger partial charge in [-0.3, -0.25) is 0 Å². The smallest absolute Gasteiger partial charge is 0.229 e. The standard InChI is InChI=1S/C22H25N5O3S/c1-23-29-30-31-19-9-7-17(8-10-19)24-22-25-20(16-5-3-2-4-6-16)15-21(26-22)27-13-11-18(28)12-14-27/h2-10,15,18,23,28H,11-14H2,1H3,(H,24,25,26). The Morgan fingerprint density at radius 1 is 1.03 bits per heavy atom. The van der Waals surface area contributed by atoms with E-state index in [-0.39, 0.29) is 6.10 Å². The fraction of sp³-hybridized carbons (Fsp3) is 0.273. The lowest BCUT2D eigenvalue weighted by molar-refractivity contribution is -0.237. The molecule has 3 aromatic rings. The zero-order chi connectivity index (χ0) is 21.5. The summed E-state index contributed by atoms with van der Waals surface area (Å²) in [7, 11) is 1.62. The lowest BCUT2D eigenvalue weighted by atomic mass is 10.1. The molecule has 31 heavy (non-hydrogen) atoms. The quantitative estimate of drug-likeness (QED) is 0.209. The Balaban J connectivity index is 1.56. The van der Waals surface area contributed by atoms with Crippen LogP contribution >= 0.6 is 12.0 Å². The molecule has 8 nitrogen and oxygen atoms in total. The van der Waals surface area contributed by atoms with Gasteiger partial charge < -0.3 is 15.3 Å². The summed E-state index contributed by atoms with van der Waals surface area (Å²) in [5.41, 5.74) is 5.19. The van der Waals surface area contributed by atoms with E-state index >= 15 is 0 Å². The van der Waals surface area contributed by atoms with Crippen LogP contribution in [0.4, 0.5) is 17.5 Å². The third-order valence-electron chi connectivity index (χ3n) is 4.93. The number of hydroxylamine groups is 1. The van der Waals surface area contributed by atoms with Crippen LogP contribution in [-0.2, 0) is 9.32 Å². The van der Waals surface area contributed by atoms with Gasteiger partial charge in [0.15, 0.2) is 0 Å². The molecule has 1 aromatic heterocycles. The topological polar surface area (TPSA) is 91.8 Å². The summed E-state index contributed by atoms with van der Waals surface area (Å²) in [6.07, 6.45) is 1.25. The van der Waals surface area contributed by atoms with Crippen molar-refractivity contribution in [3.8, 4) is 11.3 Å². The van der Waals surface area contributed by atoms with Crippen LogP contribution in [0.2, 0.25) is 0 Å². The Morgan fingerprint density at radius 3 is 2.48 bits per heavy atom. The van der Waals surface area contributed by atoms with E-state index in [0.717, 1.165) is 65.6 Å². The normalized spacial score (nSPS) is 14.6. The highest BCUT2D eigenvalue weighted by atomic mass is 32.2. The molecule has 1 aliphatic heterocycles. The number of aromatic nitrogens is 2. The average molecular weight is 440 g/mol. The van der Waals surface area contributed by atoms with Crippen LogP contribution in [0.25, 0.3) is 11.3 Å². The molecular formula is C22H25N5O3S. The Hall–Kier alpha value is -2.69. The predicted octanol–water partition coefficient (Wildman–Crippen LogP) is 3.94. The van der Waals surface area contributed by atoms with Gasteiger partial charge in [0, 0.05) is 42.3 Å². The number of benzene rings is 2. The molecule has 4 rings (SSSR count). The number of hydrogen-bond donors (Lipinski definition) is 3. The SMILES string of the molecule is CNOOSc1ccc(Nc2nc(-c3ccccc3)cc(N3CCC(O)CC3)n2)cc1. The van der Waals surface area contributed by atoms with Crippen molar-refractivity contribution in [3.05, 3.63) is 60.7 Å². The fourth-order valence-corrected chi connectivity index (χ4v) is 3.75. The summed E-state index contributed by atoms with van der Waals surface area (Å²) in [6, 6.07) is 19.8. The molecule has 0 aliphatic carbocycles. The highest BCUT2D eigenvalue weighted by molar-refractivity contribution is 7.94. The number of piperidine rings is 1.